The molecule has 7 heteroatoms. The van der Waals surface area contributed by atoms with Gasteiger partial charge in [-0.1, -0.05) is 5.16 Å². The Kier molecular flexibility index (Phi) is 10.7. The highest BCUT2D eigenvalue weighted by atomic mass is 16.5. The average molecular weight is 263 g/mol. The van der Waals surface area contributed by atoms with Crippen LogP contribution < -0.4 is 5.73 Å². The second-order valence-corrected chi connectivity index (χ2v) is 3.90. The molecule has 0 aliphatic carbocycles. The van der Waals surface area contributed by atoms with Gasteiger partial charge in [0.1, 0.15) is 0 Å². The van der Waals surface area contributed by atoms with E-state index in [1.807, 2.05) is 18.9 Å². The molecule has 0 saturated heterocycles. The van der Waals surface area contributed by atoms with Crippen molar-refractivity contribution in [2.75, 3.05) is 53.7 Å². The fourth-order valence-electron chi connectivity index (χ4n) is 1.18. The molecule has 0 radical (unpaired) electrons. The Hall–Kier alpha value is -0.890. The van der Waals surface area contributed by atoms with Crippen LogP contribution in [-0.4, -0.2) is 75.7 Å². The van der Waals surface area contributed by atoms with E-state index in [0.717, 1.165) is 0 Å². The number of ether oxygens (including phenoxy) is 3. The molecule has 0 fully saturated rings. The van der Waals surface area contributed by atoms with E-state index in [2.05, 4.69) is 5.16 Å². The number of nitrogens with two attached hydrogens (primary N) is 1. The molecule has 108 valence electrons. The van der Waals surface area contributed by atoms with Crippen LogP contribution in [0, 0.1) is 0 Å². The van der Waals surface area contributed by atoms with Gasteiger partial charge in [-0.05, 0) is 14.0 Å². The second-order valence-electron chi connectivity index (χ2n) is 3.90. The number of nitrogens with zero attached hydrogens (tertiary/aromatic N) is 2. The molecule has 0 aromatic heterocycles. The van der Waals surface area contributed by atoms with Gasteiger partial charge < -0.3 is 25.2 Å². The summed E-state index contributed by atoms with van der Waals surface area (Å²) in [5.41, 5.74) is 5.50. The summed E-state index contributed by atoms with van der Waals surface area (Å²) in [5, 5.41) is 11.5. The quantitative estimate of drug-likeness (QED) is 0.175. The van der Waals surface area contributed by atoms with E-state index < -0.39 is 0 Å². The van der Waals surface area contributed by atoms with Crippen LogP contribution in [0.25, 0.3) is 0 Å². The van der Waals surface area contributed by atoms with Crippen molar-refractivity contribution >= 4 is 5.84 Å². The molecule has 18 heavy (non-hydrogen) atoms. The second kappa shape index (κ2) is 11.2. The summed E-state index contributed by atoms with van der Waals surface area (Å²) in [5.74, 6) is 0.195. The van der Waals surface area contributed by atoms with E-state index in [-0.39, 0.29) is 11.9 Å². The molecular formula is C11H25N3O4. The lowest BCUT2D eigenvalue weighted by molar-refractivity contribution is 0.0202. The first kappa shape index (κ1) is 17.1. The van der Waals surface area contributed by atoms with Gasteiger partial charge in [-0.25, -0.2) is 0 Å². The zero-order valence-electron chi connectivity index (χ0n) is 11.5. The fraction of sp³-hybridized carbons (Fsp3) is 0.909. The van der Waals surface area contributed by atoms with Crippen LogP contribution in [0.2, 0.25) is 0 Å². The molecule has 1 atom stereocenters. The van der Waals surface area contributed by atoms with Gasteiger partial charge >= 0.3 is 0 Å². The van der Waals surface area contributed by atoms with E-state index in [0.29, 0.717) is 39.6 Å². The first-order valence-electron chi connectivity index (χ1n) is 5.95. The largest absolute Gasteiger partial charge is 0.409 e. The van der Waals surface area contributed by atoms with Gasteiger partial charge in [-0.15, -0.1) is 0 Å². The molecular weight excluding hydrogens is 238 g/mol. The van der Waals surface area contributed by atoms with Crippen LogP contribution in [0.5, 0.6) is 0 Å². The van der Waals surface area contributed by atoms with Crippen molar-refractivity contribution < 1.29 is 19.4 Å². The topological polar surface area (TPSA) is 89.5 Å². The summed E-state index contributed by atoms with van der Waals surface area (Å²) < 4.78 is 15.5. The molecule has 0 heterocycles. The van der Waals surface area contributed by atoms with Crippen molar-refractivity contribution in [1.82, 2.24) is 4.90 Å². The van der Waals surface area contributed by atoms with E-state index in [1.54, 1.807) is 7.11 Å². The number of rotatable bonds is 11. The third kappa shape index (κ3) is 8.24. The first-order valence-corrected chi connectivity index (χ1v) is 5.95. The summed E-state index contributed by atoms with van der Waals surface area (Å²) in [7, 11) is 3.53. The van der Waals surface area contributed by atoms with Crippen LogP contribution in [0.15, 0.2) is 5.16 Å². The highest BCUT2D eigenvalue weighted by molar-refractivity contribution is 5.84. The Morgan fingerprint density at radius 2 is 1.78 bits per heavy atom. The zero-order chi connectivity index (χ0) is 13.8. The Balaban J connectivity index is 3.43. The van der Waals surface area contributed by atoms with Gasteiger partial charge in [-0.2, -0.15) is 0 Å². The molecule has 0 amide bonds. The number of methoxy groups -OCH3 is 1. The van der Waals surface area contributed by atoms with E-state index >= 15 is 0 Å². The normalized spacial score (nSPS) is 14.1. The highest BCUT2D eigenvalue weighted by Gasteiger charge is 2.12. The van der Waals surface area contributed by atoms with Gasteiger partial charge in [0, 0.05) is 13.7 Å². The average Bonchev–Trinajstić information content (AvgIpc) is 2.39. The van der Waals surface area contributed by atoms with Crippen LogP contribution in [0.4, 0.5) is 0 Å². The lowest BCUT2D eigenvalue weighted by atomic mass is 10.3. The standard InChI is InChI=1S/C11H25N3O4/c1-10(11(12)13-15)14(2)4-5-17-8-9-18-7-6-16-3/h10,15H,4-9H2,1-3H3,(H2,12,13). The van der Waals surface area contributed by atoms with Gasteiger partial charge in [0.2, 0.25) is 0 Å². The summed E-state index contributed by atoms with van der Waals surface area (Å²) in [6.07, 6.45) is 0. The molecule has 0 aliphatic rings. The van der Waals surface area contributed by atoms with Gasteiger partial charge in [0.15, 0.2) is 5.84 Å². The lowest BCUT2D eigenvalue weighted by Gasteiger charge is -2.23. The minimum Gasteiger partial charge on any atom is -0.409 e. The minimum absolute atomic E-state index is 0.114. The highest BCUT2D eigenvalue weighted by Crippen LogP contribution is 1.95. The van der Waals surface area contributed by atoms with Crippen LogP contribution in [-0.2, 0) is 14.2 Å². The van der Waals surface area contributed by atoms with Gasteiger partial charge in [0.25, 0.3) is 0 Å². The number of likely N-dealkylation sites (N-methyl/N-ethyl adjacent to an activating group) is 1. The van der Waals surface area contributed by atoms with Crippen molar-refractivity contribution in [3.63, 3.8) is 0 Å². The molecule has 0 aromatic rings. The Bertz CT molecular complexity index is 226. The SMILES string of the molecule is COCCOCCOCCN(C)C(C)C(N)=NO. The minimum atomic E-state index is -0.114. The van der Waals surface area contributed by atoms with Gasteiger partial charge in [0.05, 0.1) is 39.1 Å². The van der Waals surface area contributed by atoms with Crippen molar-refractivity contribution in [3.05, 3.63) is 0 Å². The summed E-state index contributed by atoms with van der Waals surface area (Å²) >= 11 is 0. The molecule has 0 saturated carbocycles. The van der Waals surface area contributed by atoms with Crippen LogP contribution >= 0.6 is 0 Å². The van der Waals surface area contributed by atoms with E-state index in [1.165, 1.54) is 0 Å². The number of amidine groups is 1. The molecule has 0 aromatic carbocycles. The van der Waals surface area contributed by atoms with Crippen molar-refractivity contribution in [1.29, 1.82) is 0 Å². The summed E-state index contributed by atoms with van der Waals surface area (Å²) in [4.78, 5) is 1.95. The predicted molar refractivity (Wildman–Crippen MR) is 69.0 cm³/mol. The monoisotopic (exact) mass is 263 g/mol. The number of hydrogen-bond donors (Lipinski definition) is 2. The summed E-state index contributed by atoms with van der Waals surface area (Å²) in [6.45, 7) is 5.43. The maximum atomic E-state index is 8.54. The third-order valence-corrected chi connectivity index (χ3v) is 2.60. The van der Waals surface area contributed by atoms with Crippen LogP contribution in [0.3, 0.4) is 0 Å². The summed E-state index contributed by atoms with van der Waals surface area (Å²) in [6, 6.07) is -0.114. The number of hydrogen-bond acceptors (Lipinski definition) is 6. The van der Waals surface area contributed by atoms with Crippen molar-refractivity contribution in [2.45, 2.75) is 13.0 Å². The maximum Gasteiger partial charge on any atom is 0.156 e. The molecule has 0 bridgehead atoms. The molecule has 7 nitrogen and oxygen atoms in total. The molecule has 0 spiro atoms. The zero-order valence-corrected chi connectivity index (χ0v) is 11.5. The fourth-order valence-corrected chi connectivity index (χ4v) is 1.18. The molecule has 0 rings (SSSR count). The maximum absolute atomic E-state index is 8.54. The van der Waals surface area contributed by atoms with Crippen LogP contribution in [0.1, 0.15) is 6.92 Å². The van der Waals surface area contributed by atoms with E-state index in [9.17, 15) is 0 Å². The van der Waals surface area contributed by atoms with Crippen molar-refractivity contribution in [2.24, 2.45) is 10.9 Å². The Labute approximate surface area is 108 Å². The van der Waals surface area contributed by atoms with E-state index in [4.69, 9.17) is 25.2 Å². The number of oxime groups is 1. The first-order chi connectivity index (χ1) is 8.63. The Morgan fingerprint density at radius 3 is 2.33 bits per heavy atom. The molecule has 0 aliphatic heterocycles. The third-order valence-electron chi connectivity index (χ3n) is 2.60. The van der Waals surface area contributed by atoms with Crippen molar-refractivity contribution in [3.8, 4) is 0 Å². The molecule has 1 unspecified atom stereocenters. The Morgan fingerprint density at radius 1 is 1.22 bits per heavy atom. The lowest BCUT2D eigenvalue weighted by Crippen LogP contribution is -2.42. The molecule has 3 N–H and O–H groups in total. The predicted octanol–water partition coefficient (Wildman–Crippen LogP) is -0.267. The van der Waals surface area contributed by atoms with Gasteiger partial charge in [-0.3, -0.25) is 4.90 Å². The smallest absolute Gasteiger partial charge is 0.156 e.